The van der Waals surface area contributed by atoms with Gasteiger partial charge >= 0.3 is 23.1 Å². The molecule has 574 valence electrons. The van der Waals surface area contributed by atoms with Crippen LogP contribution in [0.25, 0.3) is 0 Å². The normalized spacial score (nSPS) is 9.94. The van der Waals surface area contributed by atoms with E-state index in [1.165, 1.54) is 65.7 Å². The first-order valence-electron chi connectivity index (χ1n) is 33.4. The predicted molar refractivity (Wildman–Crippen MR) is 433 cm³/mol. The number of carbonyl (C=O) groups excluding carboxylic acids is 4. The molecule has 26 heteroatoms. The van der Waals surface area contributed by atoms with E-state index in [1.807, 2.05) is 74.5 Å². The van der Waals surface area contributed by atoms with Gasteiger partial charge in [-0.2, -0.15) is 35.9 Å². The van der Waals surface area contributed by atoms with Gasteiger partial charge in [-0.25, -0.2) is 0 Å². The van der Waals surface area contributed by atoms with Gasteiger partial charge in [0, 0.05) is 46.6 Å². The summed E-state index contributed by atoms with van der Waals surface area (Å²) in [5.41, 5.74) is 12.1. The summed E-state index contributed by atoms with van der Waals surface area (Å²) in [4.78, 5) is 86.9. The van der Waals surface area contributed by atoms with Crippen molar-refractivity contribution in [2.24, 2.45) is 0 Å². The number of ether oxygens (including phenoxy) is 4. The number of anilines is 1. The third-order valence-corrected chi connectivity index (χ3v) is 15.5. The minimum Gasteiger partial charge on any atom is -1.00 e. The Kier molecular flexibility index (Phi) is 45.1. The van der Waals surface area contributed by atoms with Gasteiger partial charge in [-0.15, -0.1) is 32.1 Å². The molecule has 0 aliphatic carbocycles. The third kappa shape index (κ3) is 32.4. The number of rotatable bonds is 24. The Morgan fingerprint density at radius 2 is 0.768 bits per heavy atom. The fourth-order valence-corrected chi connectivity index (χ4v) is 9.34. The summed E-state index contributed by atoms with van der Waals surface area (Å²) in [7, 11) is 0. The zero-order chi connectivity index (χ0) is 82.0. The third-order valence-electron chi connectivity index (χ3n) is 15.2. The maximum absolute atomic E-state index is 12.7. The standard InChI is InChI=1S/C19H19NO4.C19H17NO4.C19H19NO2.C10H7NO4.C9H11.C7H5NO4.C3H3Br.BrH.Mg/c2*1-4-11-24-16-9-10-18(20(22)23)17(12-16)19(21)15-7-5-14(6-8-15)13(2)3;1-4-11-22-16-9-10-18(20)17(12-16)19(21)15-7-5-14(6-8-15)13(2)3;1-2-5-15-9-3-4-10(11(13)14)8(6-9)7-12;1-8(2)9-6-4-3-5-7-9;9-4-5-3-6(10)1-2-7(5)8(11)12;1-2-3-4;;/h1,5-10,12-13,19,21H,11H2,2-3H3;1,5-10,12-13H,11H2,2-3H3;1,5-10,12-13H,11,20H2,2-3H3;1,3-4,6-7H,5H2;4-8H,1-2H3;1-4,10H;1H,3H2;1H;/q;;;;-1;;;;+2/p-1. The van der Waals surface area contributed by atoms with Crippen molar-refractivity contribution in [3.8, 4) is 90.5 Å². The van der Waals surface area contributed by atoms with E-state index in [0.29, 0.717) is 92.5 Å². The number of nitro benzene ring substituents is 4. The predicted octanol–water partition coefficient (Wildman–Crippen LogP) is 14.2. The molecule has 0 radical (unpaired) electrons. The minimum absolute atomic E-state index is 0. The Bertz CT molecular complexity index is 4830. The molecule has 4 N–H and O–H groups in total. The first kappa shape index (κ1) is 97.6. The second-order valence-corrected chi connectivity index (χ2v) is 24.7. The summed E-state index contributed by atoms with van der Waals surface area (Å²) in [5.74, 6) is 14.2. The molecule has 0 bridgehead atoms. The summed E-state index contributed by atoms with van der Waals surface area (Å²) >= 11 is 3.01. The van der Waals surface area contributed by atoms with Gasteiger partial charge in [0.2, 0.25) is 0 Å². The van der Waals surface area contributed by atoms with Gasteiger partial charge in [0.25, 0.3) is 22.7 Å². The molecule has 0 saturated heterocycles. The van der Waals surface area contributed by atoms with Gasteiger partial charge in [-0.3, -0.25) is 59.6 Å². The number of aromatic hydroxyl groups is 1. The first-order chi connectivity index (χ1) is 52.4. The van der Waals surface area contributed by atoms with Crippen LogP contribution in [0.1, 0.15) is 171 Å². The molecule has 1 unspecified atom stereocenters. The van der Waals surface area contributed by atoms with Crippen molar-refractivity contribution in [2.75, 3.05) is 37.5 Å². The van der Waals surface area contributed by atoms with E-state index in [9.17, 15) is 64.7 Å². The molecule has 0 amide bonds. The van der Waals surface area contributed by atoms with E-state index in [-0.39, 0.29) is 123 Å². The van der Waals surface area contributed by atoms with Crippen LogP contribution >= 0.6 is 15.9 Å². The van der Waals surface area contributed by atoms with Crippen LogP contribution in [-0.4, -0.2) is 109 Å². The number of carbonyl (C=O) groups is 4. The van der Waals surface area contributed by atoms with E-state index in [2.05, 4.69) is 105 Å². The molecular formula is C86H81Br2MgN5O18. The van der Waals surface area contributed by atoms with E-state index >= 15 is 0 Å². The van der Waals surface area contributed by atoms with Crippen molar-refractivity contribution in [1.82, 2.24) is 0 Å². The quantitative estimate of drug-likeness (QED) is 0.00582. The fraction of sp³-hybridized carbons (Fsp3) is 0.209. The van der Waals surface area contributed by atoms with Crippen LogP contribution in [0.15, 0.2) is 188 Å². The molecule has 9 rings (SSSR count). The molecule has 0 aliphatic heterocycles. The Morgan fingerprint density at radius 1 is 0.455 bits per heavy atom. The average Bonchev–Trinajstić information content (AvgIpc) is 0.824. The zero-order valence-corrected chi connectivity index (χ0v) is 67.2. The van der Waals surface area contributed by atoms with Crippen LogP contribution < -0.4 is 41.7 Å². The minimum atomic E-state index is -1.12. The number of hydrogen-bond acceptors (Lipinski definition) is 19. The number of nitro groups is 4. The number of aldehydes is 2. The summed E-state index contributed by atoms with van der Waals surface area (Å²) < 4.78 is 20.9. The van der Waals surface area contributed by atoms with Crippen LogP contribution in [0.2, 0.25) is 0 Å². The second kappa shape index (κ2) is 51.8. The molecule has 23 nitrogen and oxygen atoms in total. The second-order valence-electron chi connectivity index (χ2n) is 24.1. The number of nitrogens with two attached hydrogens (primary N) is 1. The van der Waals surface area contributed by atoms with Gasteiger partial charge in [0.1, 0.15) is 66.8 Å². The molecule has 9 aromatic rings. The molecule has 0 aromatic heterocycles. The van der Waals surface area contributed by atoms with Crippen LogP contribution in [0.3, 0.4) is 0 Å². The number of halogens is 2. The summed E-state index contributed by atoms with van der Waals surface area (Å²) in [6, 6.07) is 53.5. The zero-order valence-electron chi connectivity index (χ0n) is 62.6. The van der Waals surface area contributed by atoms with Gasteiger partial charge in [0.15, 0.2) is 24.1 Å². The Balaban J connectivity index is 0.000000680. The van der Waals surface area contributed by atoms with Crippen molar-refractivity contribution < 1.29 is 85.0 Å². The van der Waals surface area contributed by atoms with Gasteiger partial charge in [0.05, 0.1) is 41.7 Å². The molecule has 0 spiro atoms. The number of aliphatic hydroxyl groups is 1. The number of terminal acetylenes is 5. The van der Waals surface area contributed by atoms with Crippen molar-refractivity contribution in [3.63, 3.8) is 0 Å². The Hall–Kier alpha value is -12.5. The number of aliphatic hydroxyl groups excluding tert-OH is 1. The van der Waals surface area contributed by atoms with E-state index in [0.717, 1.165) is 29.3 Å². The van der Waals surface area contributed by atoms with Crippen LogP contribution in [0.5, 0.6) is 28.7 Å². The number of nitrogens with zero attached hydrogens (tertiary/aromatic N) is 4. The summed E-state index contributed by atoms with van der Waals surface area (Å²) in [5, 5.41) is 63.3. The monoisotopic (exact) mass is 1650 g/mol. The Labute approximate surface area is 686 Å². The smallest absolute Gasteiger partial charge is 1.00 e. The molecule has 1 atom stereocenters. The molecule has 0 saturated carbocycles. The molecular weight excluding hydrogens is 1580 g/mol. The largest absolute Gasteiger partial charge is 2.00 e. The topological polar surface area (TPSA) is 344 Å². The maximum atomic E-state index is 12.7. The SMILES string of the molecule is C#CCBr.C#CCOc1ccc(N)c(C(=O)c2ccc(C(C)C)cc2)c1.C#CCOc1ccc([N+](=O)[O-])c(C(=O)c2ccc(C(C)C)cc2)c1.C#CCOc1ccc([N+](=O)[O-])c(C(O)c2ccc(C(C)C)cc2)c1.C#CCOc1ccc([N+](=O)[O-])c(C=O)c1.CC(C)c1cc[c-]cc1.O=Cc1cc(O)ccc1[N+](=O)[O-].[Br-].[Mg+2]. The number of ketones is 2. The number of hydrogen-bond donors (Lipinski definition) is 3. The number of alkyl halides is 1. The molecule has 0 fully saturated rings. The Morgan fingerprint density at radius 3 is 1.13 bits per heavy atom. The number of phenolic OH excluding ortho intramolecular Hbond substituents is 1. The summed E-state index contributed by atoms with van der Waals surface area (Å²) in [6.07, 6.45) is 24.8. The first-order valence-corrected chi connectivity index (χ1v) is 34.5. The molecule has 9 aromatic carbocycles. The van der Waals surface area contributed by atoms with Crippen molar-refractivity contribution in [1.29, 1.82) is 0 Å². The number of nitrogen functional groups attached to an aromatic ring is 1. The van der Waals surface area contributed by atoms with Crippen LogP contribution in [0, 0.1) is 108 Å². The molecule has 0 aliphatic rings. The molecule has 112 heavy (non-hydrogen) atoms. The van der Waals surface area contributed by atoms with E-state index < -0.39 is 31.6 Å². The average molecular weight is 1660 g/mol. The van der Waals surface area contributed by atoms with E-state index in [1.54, 1.807) is 42.5 Å². The van der Waals surface area contributed by atoms with Gasteiger partial charge in [-0.1, -0.05) is 174 Å². The van der Waals surface area contributed by atoms with Crippen LogP contribution in [0.4, 0.5) is 28.4 Å². The fourth-order valence-electron chi connectivity index (χ4n) is 9.34. The van der Waals surface area contributed by atoms with Crippen LogP contribution in [-0.2, 0) is 0 Å². The molecule has 0 heterocycles. The summed E-state index contributed by atoms with van der Waals surface area (Å²) in [6.45, 7) is 17.1. The van der Waals surface area contributed by atoms with E-state index in [4.69, 9.17) is 61.9 Å². The number of phenols is 1. The maximum Gasteiger partial charge on any atom is 2.00 e. The van der Waals surface area contributed by atoms with Crippen molar-refractivity contribution in [2.45, 2.75) is 85.2 Å². The van der Waals surface area contributed by atoms with Gasteiger partial charge in [-0.05, 0) is 113 Å². The van der Waals surface area contributed by atoms with Crippen molar-refractivity contribution >= 4 is 91.6 Å². The van der Waals surface area contributed by atoms with Gasteiger partial charge < -0.3 is 51.9 Å². The number of benzene rings is 9. The van der Waals surface area contributed by atoms with Crippen molar-refractivity contribution in [3.05, 3.63) is 301 Å².